The Morgan fingerprint density at radius 1 is 0.933 bits per heavy atom. The number of anilines is 2. The zero-order valence-electron chi connectivity index (χ0n) is 15.5. The first-order chi connectivity index (χ1) is 14.3. The fourth-order valence-corrected chi connectivity index (χ4v) is 3.67. The Bertz CT molecular complexity index is 1030. The van der Waals surface area contributed by atoms with Crippen molar-refractivity contribution in [1.82, 2.24) is 5.32 Å². The van der Waals surface area contributed by atoms with Gasteiger partial charge < -0.3 is 19.7 Å². The highest BCUT2D eigenvalue weighted by Gasteiger charge is 2.28. The van der Waals surface area contributed by atoms with E-state index in [1.165, 1.54) is 17.0 Å². The second-order valence-corrected chi connectivity index (χ2v) is 7.92. The molecule has 30 heavy (non-hydrogen) atoms. The minimum Gasteiger partial charge on any atom is -0.777 e. The average Bonchev–Trinajstić information content (AvgIpc) is 2.73. The summed E-state index contributed by atoms with van der Waals surface area (Å²) in [6, 6.07) is 20.8. The molecule has 3 aromatic carbocycles. The zero-order valence-corrected chi connectivity index (χ0v) is 16.4. The van der Waals surface area contributed by atoms with Gasteiger partial charge in [-0.3, -0.25) is 15.0 Å². The molecule has 10 heteroatoms. The van der Waals surface area contributed by atoms with Crippen molar-refractivity contribution in [2.45, 2.75) is 5.78 Å². The molecule has 0 bridgehead atoms. The van der Waals surface area contributed by atoms with Gasteiger partial charge in [-0.25, -0.2) is 4.79 Å². The highest BCUT2D eigenvalue weighted by atomic mass is 31.2. The number of carbonyl (C=O) groups is 1. The van der Waals surface area contributed by atoms with Gasteiger partial charge in [0.2, 0.25) is 0 Å². The molecule has 0 heterocycles. The standard InChI is InChI=1S/C20H18N3O6P/c24-20(22(16-7-3-1-4-8-16)17-9-5-2-6-10-17)21-19(30(27,28)29)15-11-13-18(14-12-15)23(25)26/h1-14,19H,(H,21,24)(H2,27,28,29)/p-1. The van der Waals surface area contributed by atoms with Crippen LogP contribution in [0.5, 0.6) is 0 Å². The number of nitrogens with zero attached hydrogens (tertiary/aromatic N) is 2. The van der Waals surface area contributed by atoms with Crippen LogP contribution in [0, 0.1) is 10.1 Å². The number of urea groups is 1. The van der Waals surface area contributed by atoms with E-state index in [4.69, 9.17) is 0 Å². The van der Waals surface area contributed by atoms with Crippen LogP contribution < -0.4 is 15.1 Å². The van der Waals surface area contributed by atoms with E-state index >= 15 is 0 Å². The summed E-state index contributed by atoms with van der Waals surface area (Å²) in [5, 5.41) is 13.1. The molecule has 0 fully saturated rings. The summed E-state index contributed by atoms with van der Waals surface area (Å²) in [5.74, 6) is -1.79. The van der Waals surface area contributed by atoms with Crippen molar-refractivity contribution >= 4 is 30.7 Å². The summed E-state index contributed by atoms with van der Waals surface area (Å²) in [5.41, 5.74) is 0.679. The largest absolute Gasteiger partial charge is 0.777 e. The molecule has 2 atom stereocenters. The molecule has 0 aliphatic carbocycles. The molecule has 3 aromatic rings. The van der Waals surface area contributed by atoms with E-state index in [1.54, 1.807) is 60.7 Å². The third-order valence-corrected chi connectivity index (χ3v) is 5.32. The maximum atomic E-state index is 13.1. The summed E-state index contributed by atoms with van der Waals surface area (Å²) in [6.07, 6.45) is 0. The first-order valence-electron chi connectivity index (χ1n) is 8.76. The topological polar surface area (TPSA) is 136 Å². The van der Waals surface area contributed by atoms with Crippen LogP contribution in [-0.2, 0) is 4.57 Å². The fraction of sp³-hybridized carbons (Fsp3) is 0.0500. The van der Waals surface area contributed by atoms with Crippen LogP contribution in [0.1, 0.15) is 11.3 Å². The van der Waals surface area contributed by atoms with E-state index in [2.05, 4.69) is 5.32 Å². The number of nitro groups is 1. The second kappa shape index (κ2) is 8.87. The number of nitrogens with one attached hydrogen (secondary N) is 1. The zero-order chi connectivity index (χ0) is 21.7. The van der Waals surface area contributed by atoms with Gasteiger partial charge in [-0.1, -0.05) is 36.4 Å². The first kappa shape index (κ1) is 21.2. The molecule has 2 amide bonds. The van der Waals surface area contributed by atoms with Gasteiger partial charge in [-0.05, 0) is 42.0 Å². The van der Waals surface area contributed by atoms with Crippen LogP contribution in [-0.4, -0.2) is 15.8 Å². The van der Waals surface area contributed by atoms with Gasteiger partial charge in [0.1, 0.15) is 5.78 Å². The van der Waals surface area contributed by atoms with Crippen molar-refractivity contribution in [1.29, 1.82) is 0 Å². The predicted octanol–water partition coefficient (Wildman–Crippen LogP) is 3.69. The smallest absolute Gasteiger partial charge is 0.327 e. The molecule has 2 unspecified atom stereocenters. The lowest BCUT2D eigenvalue weighted by molar-refractivity contribution is -0.384. The predicted molar refractivity (Wildman–Crippen MR) is 109 cm³/mol. The first-order valence-corrected chi connectivity index (χ1v) is 10.4. The Kier molecular flexibility index (Phi) is 6.27. The van der Waals surface area contributed by atoms with Crippen molar-refractivity contribution < 1.29 is 24.1 Å². The second-order valence-electron chi connectivity index (χ2n) is 6.27. The third kappa shape index (κ3) is 4.90. The van der Waals surface area contributed by atoms with E-state index in [9.17, 15) is 29.3 Å². The monoisotopic (exact) mass is 426 g/mol. The van der Waals surface area contributed by atoms with Crippen LogP contribution >= 0.6 is 7.60 Å². The van der Waals surface area contributed by atoms with E-state index in [-0.39, 0.29) is 11.3 Å². The minimum atomic E-state index is -5.09. The number of hydrogen-bond acceptors (Lipinski definition) is 5. The van der Waals surface area contributed by atoms with Crippen LogP contribution in [0.4, 0.5) is 21.9 Å². The normalized spacial score (nSPS) is 13.7. The molecule has 0 aromatic heterocycles. The molecule has 154 valence electrons. The molecule has 0 aliphatic heterocycles. The van der Waals surface area contributed by atoms with Crippen molar-refractivity contribution in [3.63, 3.8) is 0 Å². The molecular formula is C20H17N3O6P-. The van der Waals surface area contributed by atoms with E-state index in [1.807, 2.05) is 0 Å². The number of nitro benzene ring substituents is 1. The van der Waals surface area contributed by atoms with Gasteiger partial charge in [0, 0.05) is 12.1 Å². The number of carbonyl (C=O) groups excluding carboxylic acids is 1. The lowest BCUT2D eigenvalue weighted by atomic mass is 10.2. The average molecular weight is 426 g/mol. The fourth-order valence-electron chi connectivity index (χ4n) is 2.85. The lowest BCUT2D eigenvalue weighted by Gasteiger charge is -2.31. The summed E-state index contributed by atoms with van der Waals surface area (Å²) in [7, 11) is -5.09. The minimum absolute atomic E-state index is 0.0177. The van der Waals surface area contributed by atoms with E-state index in [0.29, 0.717) is 11.4 Å². The summed E-state index contributed by atoms with van der Waals surface area (Å²) < 4.78 is 12.0. The molecule has 0 saturated heterocycles. The lowest BCUT2D eigenvalue weighted by Crippen LogP contribution is -2.40. The molecule has 0 radical (unpaired) electrons. The van der Waals surface area contributed by atoms with Crippen LogP contribution in [0.25, 0.3) is 0 Å². The molecule has 0 spiro atoms. The Hall–Kier alpha value is -3.52. The van der Waals surface area contributed by atoms with Crippen LogP contribution in [0.2, 0.25) is 0 Å². The maximum absolute atomic E-state index is 13.1. The van der Waals surface area contributed by atoms with Crippen molar-refractivity contribution in [2.75, 3.05) is 4.90 Å². The van der Waals surface area contributed by atoms with Gasteiger partial charge in [-0.15, -0.1) is 0 Å². The summed E-state index contributed by atoms with van der Waals surface area (Å²) >= 11 is 0. The summed E-state index contributed by atoms with van der Waals surface area (Å²) in [4.78, 5) is 46.2. The van der Waals surface area contributed by atoms with Crippen molar-refractivity contribution in [3.05, 3.63) is 101 Å². The molecule has 0 aliphatic rings. The van der Waals surface area contributed by atoms with Crippen molar-refractivity contribution in [3.8, 4) is 0 Å². The highest BCUT2D eigenvalue weighted by Crippen LogP contribution is 2.46. The number of hydrogen-bond donors (Lipinski definition) is 2. The molecule has 2 N–H and O–H groups in total. The van der Waals surface area contributed by atoms with Crippen LogP contribution in [0.15, 0.2) is 84.9 Å². The molecule has 9 nitrogen and oxygen atoms in total. The van der Waals surface area contributed by atoms with Crippen LogP contribution in [0.3, 0.4) is 0 Å². The number of para-hydroxylation sites is 2. The Morgan fingerprint density at radius 3 is 1.80 bits per heavy atom. The van der Waals surface area contributed by atoms with Gasteiger partial charge in [-0.2, -0.15) is 0 Å². The number of non-ortho nitro benzene ring substituents is 1. The van der Waals surface area contributed by atoms with Gasteiger partial charge in [0.15, 0.2) is 7.60 Å². The molecule has 0 saturated carbocycles. The third-order valence-electron chi connectivity index (χ3n) is 4.24. The Balaban J connectivity index is 1.97. The number of amides is 2. The maximum Gasteiger partial charge on any atom is 0.327 e. The molecular weight excluding hydrogens is 409 g/mol. The van der Waals surface area contributed by atoms with Gasteiger partial charge in [0.25, 0.3) is 5.69 Å². The number of rotatable bonds is 6. The van der Waals surface area contributed by atoms with Crippen molar-refractivity contribution in [2.24, 2.45) is 0 Å². The quantitative estimate of drug-likeness (QED) is 0.351. The number of benzene rings is 3. The highest BCUT2D eigenvalue weighted by molar-refractivity contribution is 7.50. The van der Waals surface area contributed by atoms with Gasteiger partial charge >= 0.3 is 6.03 Å². The Morgan fingerprint density at radius 2 is 1.40 bits per heavy atom. The molecule has 3 rings (SSSR count). The van der Waals surface area contributed by atoms with Gasteiger partial charge in [0.05, 0.1) is 16.3 Å². The van der Waals surface area contributed by atoms with E-state index < -0.39 is 24.3 Å². The summed E-state index contributed by atoms with van der Waals surface area (Å²) in [6.45, 7) is 0. The van der Waals surface area contributed by atoms with E-state index in [0.717, 1.165) is 12.1 Å². The SMILES string of the molecule is O=C(NC(c1ccc([N+](=O)[O-])cc1)P(=O)([O-])O)N(c1ccccc1)c1ccccc1. The Labute approximate surface area is 171 Å².